The Balaban J connectivity index is 0.00000456. The molecular formula is C24H31LrN4O7-. The Labute approximate surface area is 204 Å². The molecule has 0 spiro atoms. The monoisotopic (exact) mass is 749 g/mol. The maximum absolute atomic E-state index is 12.4. The second-order valence-corrected chi connectivity index (χ2v) is 9.33. The predicted octanol–water partition coefficient (Wildman–Crippen LogP) is 1.66. The summed E-state index contributed by atoms with van der Waals surface area (Å²) >= 11 is 0. The maximum atomic E-state index is 12.4. The Morgan fingerprint density at radius 3 is 2.44 bits per heavy atom. The summed E-state index contributed by atoms with van der Waals surface area (Å²) in [6.45, 7) is 10.7. The van der Waals surface area contributed by atoms with Crippen LogP contribution in [0.4, 0.5) is 10.5 Å². The van der Waals surface area contributed by atoms with Gasteiger partial charge < -0.3 is 29.7 Å². The van der Waals surface area contributed by atoms with Gasteiger partial charge in [0.25, 0.3) is 0 Å². The van der Waals surface area contributed by atoms with Crippen LogP contribution < -0.4 is 20.3 Å². The van der Waals surface area contributed by atoms with Crippen molar-refractivity contribution in [3.05, 3.63) is 36.1 Å². The minimum atomic E-state index is -1.15. The standard InChI is InChI=1S/C24H31N4O7.Lr/c1-5-34-20-16(14-25-17-7-9-19(29)26-21(17)30)15(22(31)32)6-8-18(20)27-10-12-28(13-11-27)23(33)35-24(2,3)4;/h6,8,17,25H,1,7,9-14H2,2-4H3,(H,31,32)(H,26,29,30);/q-1;. The van der Waals surface area contributed by atoms with Gasteiger partial charge in [-0.05, 0) is 44.7 Å². The van der Waals surface area contributed by atoms with Crippen LogP contribution in [-0.2, 0) is 20.9 Å². The van der Waals surface area contributed by atoms with Gasteiger partial charge in [-0.2, -0.15) is 6.58 Å². The molecule has 1 aromatic carbocycles. The number of imide groups is 1. The molecule has 12 heteroatoms. The summed E-state index contributed by atoms with van der Waals surface area (Å²) in [5.41, 5.74) is 0.359. The van der Waals surface area contributed by atoms with E-state index in [1.807, 2.05) is 25.7 Å². The van der Waals surface area contributed by atoms with Gasteiger partial charge in [-0.1, -0.05) is 17.9 Å². The number of nitrogens with one attached hydrogen (secondary N) is 2. The summed E-state index contributed by atoms with van der Waals surface area (Å²) in [5, 5.41) is 15.1. The largest absolute Gasteiger partial charge is 0.641 e. The van der Waals surface area contributed by atoms with E-state index in [1.54, 1.807) is 11.0 Å². The molecule has 3 amide bonds. The Bertz CT molecular complexity index is 1020. The zero-order valence-corrected chi connectivity index (χ0v) is 22.6. The van der Waals surface area contributed by atoms with E-state index in [-0.39, 0.29) is 36.3 Å². The molecule has 2 aliphatic heterocycles. The second kappa shape index (κ2) is 11.2. The number of benzene rings is 1. The summed E-state index contributed by atoms with van der Waals surface area (Å²) in [6.07, 6.45) is 2.49. The molecule has 36 heavy (non-hydrogen) atoms. The van der Waals surface area contributed by atoms with Crippen molar-refractivity contribution in [1.82, 2.24) is 15.5 Å². The second-order valence-electron chi connectivity index (χ2n) is 9.33. The van der Waals surface area contributed by atoms with E-state index >= 15 is 0 Å². The molecule has 1 atom stereocenters. The molecule has 0 saturated carbocycles. The van der Waals surface area contributed by atoms with Gasteiger partial charge in [-0.15, -0.1) is 0 Å². The molecule has 0 bridgehead atoms. The molecule has 0 aromatic heterocycles. The molecular weight excluding hydrogens is 718 g/mol. The van der Waals surface area contributed by atoms with Crippen molar-refractivity contribution in [2.75, 3.05) is 31.1 Å². The first-order valence-electron chi connectivity index (χ1n) is 11.4. The van der Waals surface area contributed by atoms with E-state index in [4.69, 9.17) is 9.47 Å². The third kappa shape index (κ3) is 6.50. The van der Waals surface area contributed by atoms with Crippen LogP contribution in [-0.4, -0.2) is 71.7 Å². The number of carboxylic acid groups (broad SMARTS) is 1. The third-order valence-electron chi connectivity index (χ3n) is 5.68. The molecule has 205 valence electrons. The molecule has 1 aromatic rings. The zero-order chi connectivity index (χ0) is 25.8. The van der Waals surface area contributed by atoms with E-state index in [1.165, 1.54) is 6.07 Å². The number of rotatable bonds is 7. The number of piperazine rings is 1. The van der Waals surface area contributed by atoms with Gasteiger partial charge in [0, 0.05) is 44.7 Å². The number of hydrogen-bond donors (Lipinski definition) is 3. The van der Waals surface area contributed by atoms with Crippen LogP contribution in [0.2, 0.25) is 0 Å². The number of carboxylic acids is 1. The van der Waals surface area contributed by atoms with Crippen molar-refractivity contribution >= 4 is 29.6 Å². The topological polar surface area (TPSA) is 138 Å². The van der Waals surface area contributed by atoms with Gasteiger partial charge in [-0.3, -0.25) is 14.9 Å². The smallest absolute Gasteiger partial charge is 0.410 e. The van der Waals surface area contributed by atoms with Crippen LogP contribution >= 0.6 is 0 Å². The van der Waals surface area contributed by atoms with Gasteiger partial charge in [0.15, 0.2) is 0 Å². The van der Waals surface area contributed by atoms with Crippen LogP contribution in [0, 0.1) is 6.26 Å². The van der Waals surface area contributed by atoms with E-state index in [2.05, 4.69) is 23.5 Å². The molecule has 2 fully saturated rings. The average molecular weight is 750 g/mol. The van der Waals surface area contributed by atoms with Crippen LogP contribution in [0.1, 0.15) is 49.5 Å². The maximum Gasteiger partial charge on any atom is 0.410 e. The summed E-state index contributed by atoms with van der Waals surface area (Å²) in [5.74, 6) is -1.69. The third-order valence-corrected chi connectivity index (χ3v) is 5.68. The van der Waals surface area contributed by atoms with Crippen molar-refractivity contribution < 1.29 is 33.8 Å². The molecule has 3 N–H and O–H groups in total. The Hall–Kier alpha value is -4.60. The molecule has 0 aliphatic carbocycles. The number of hydrogen-bond acceptors (Lipinski definition) is 8. The van der Waals surface area contributed by atoms with Crippen molar-refractivity contribution in [2.24, 2.45) is 0 Å². The Morgan fingerprint density at radius 2 is 1.89 bits per heavy atom. The van der Waals surface area contributed by atoms with E-state index in [0.717, 1.165) is 0 Å². The number of nitrogens with zero attached hydrogens (tertiary/aromatic N) is 2. The molecule has 11 nitrogen and oxygen atoms in total. The van der Waals surface area contributed by atoms with Crippen LogP contribution in [0.3, 0.4) is 0 Å². The van der Waals surface area contributed by atoms with Crippen LogP contribution in [0.5, 0.6) is 5.75 Å². The van der Waals surface area contributed by atoms with Crippen molar-refractivity contribution in [3.63, 3.8) is 0 Å². The number of carbonyl (C=O) groups is 4. The normalized spacial score (nSPS) is 18.1. The molecule has 1 radical (unpaired) electrons. The fraction of sp³-hybridized carbons (Fsp3) is 0.500. The molecule has 2 aliphatic rings. The number of piperidine rings is 1. The number of anilines is 1. The van der Waals surface area contributed by atoms with E-state index < -0.39 is 23.5 Å². The van der Waals surface area contributed by atoms with Crippen molar-refractivity contribution in [2.45, 2.75) is 51.8 Å². The first-order chi connectivity index (χ1) is 16.5. The summed E-state index contributed by atoms with van der Waals surface area (Å²) < 4.78 is 11.0. The van der Waals surface area contributed by atoms with Gasteiger partial charge in [0.1, 0.15) is 5.60 Å². The minimum absolute atomic E-state index is 0. The van der Waals surface area contributed by atoms with E-state index in [9.17, 15) is 24.3 Å². The molecule has 2 saturated heterocycles. The predicted molar refractivity (Wildman–Crippen MR) is 126 cm³/mol. The number of amides is 3. The van der Waals surface area contributed by atoms with Gasteiger partial charge in [0.05, 0.1) is 6.04 Å². The number of aromatic carboxylic acids is 1. The zero-order valence-electron chi connectivity index (χ0n) is 20.4. The van der Waals surface area contributed by atoms with E-state index in [0.29, 0.717) is 43.9 Å². The van der Waals surface area contributed by atoms with Crippen LogP contribution in [0.15, 0.2) is 18.7 Å². The fourth-order valence-electron chi connectivity index (χ4n) is 4.00. The summed E-state index contributed by atoms with van der Waals surface area (Å²) in [4.78, 5) is 51.5. The summed E-state index contributed by atoms with van der Waals surface area (Å²) in [6, 6.07) is 2.49. The fourth-order valence-corrected chi connectivity index (χ4v) is 4.00. The number of ether oxygens (including phenoxy) is 2. The molecule has 1 unspecified atom stereocenters. The first-order valence-corrected chi connectivity index (χ1v) is 11.4. The van der Waals surface area contributed by atoms with Crippen molar-refractivity contribution in [3.8, 4) is 5.75 Å². The Morgan fingerprint density at radius 1 is 1.22 bits per heavy atom. The quantitative estimate of drug-likeness (QED) is 0.216. The van der Waals surface area contributed by atoms with Gasteiger partial charge in [0.2, 0.25) is 11.8 Å². The van der Waals surface area contributed by atoms with Gasteiger partial charge >= 0.3 is 12.1 Å². The van der Waals surface area contributed by atoms with Crippen LogP contribution in [0.25, 0.3) is 0 Å². The van der Waals surface area contributed by atoms with Crippen molar-refractivity contribution in [1.29, 1.82) is 0 Å². The summed E-state index contributed by atoms with van der Waals surface area (Å²) in [7, 11) is 0. The average Bonchev–Trinajstić information content (AvgIpc) is 2.78. The SMILES string of the molecule is C=[C-]Oc1c(N2CCN(C(=O)OC(C)(C)C)CC2)ccc(C(=O)O)c1CNC1CCC(=O)NC1=O.[Lr]. The minimum Gasteiger partial charge on any atom is -0.641 e. The Kier molecular flexibility index (Phi) is 8.61. The first kappa shape index (κ1) is 27.6. The van der Waals surface area contributed by atoms with Gasteiger partial charge in [-0.25, -0.2) is 9.59 Å². The molecule has 2 heterocycles. The number of carbonyl (C=O) groups excluding carboxylic acids is 3. The molecule has 3 rings (SSSR count).